The number of aryl methyl sites for hydroxylation is 1. The van der Waals surface area contributed by atoms with Gasteiger partial charge in [0, 0.05) is 0 Å². The van der Waals surface area contributed by atoms with Gasteiger partial charge in [0.05, 0.1) is 12.5 Å². The number of allylic oxidation sites excluding steroid dienone is 4. The van der Waals surface area contributed by atoms with Crippen LogP contribution < -0.4 is 4.74 Å². The van der Waals surface area contributed by atoms with Crippen LogP contribution in [0, 0.1) is 17.3 Å². The van der Waals surface area contributed by atoms with Gasteiger partial charge in [0.25, 0.3) is 0 Å². The first-order valence-electron chi connectivity index (χ1n) is 8.44. The quantitative estimate of drug-likeness (QED) is 0.895. The number of ether oxygens (including phenoxy) is 1. The van der Waals surface area contributed by atoms with Gasteiger partial charge in [-0.15, -0.1) is 0 Å². The second kappa shape index (κ2) is 4.98. The van der Waals surface area contributed by atoms with Gasteiger partial charge in [-0.3, -0.25) is 4.79 Å². The molecule has 120 valence electrons. The van der Waals surface area contributed by atoms with Crippen LogP contribution in [0.3, 0.4) is 0 Å². The van der Waals surface area contributed by atoms with Crippen molar-refractivity contribution in [3.8, 4) is 5.75 Å². The Kier molecular flexibility index (Phi) is 3.15. The van der Waals surface area contributed by atoms with Crippen LogP contribution in [-0.2, 0) is 11.2 Å². The Morgan fingerprint density at radius 3 is 2.96 bits per heavy atom. The number of hydrogen-bond acceptors (Lipinski definition) is 3. The monoisotopic (exact) mass is 310 g/mol. The lowest BCUT2D eigenvalue weighted by molar-refractivity contribution is -0.130. The molecule has 23 heavy (non-hydrogen) atoms. The number of fused-ring (bicyclic) bond motifs is 5. The summed E-state index contributed by atoms with van der Waals surface area (Å²) in [6.07, 6.45) is 7.62. The van der Waals surface area contributed by atoms with Crippen molar-refractivity contribution in [3.05, 3.63) is 47.2 Å². The van der Waals surface area contributed by atoms with E-state index in [1.807, 2.05) is 6.07 Å². The molecule has 0 fully saturated rings. The molecule has 0 bridgehead atoms. The maximum absolute atomic E-state index is 12.8. The van der Waals surface area contributed by atoms with E-state index in [0.717, 1.165) is 31.4 Å². The lowest BCUT2D eigenvalue weighted by atomic mass is 9.55. The van der Waals surface area contributed by atoms with E-state index in [9.17, 15) is 9.90 Å². The van der Waals surface area contributed by atoms with E-state index in [0.29, 0.717) is 0 Å². The number of hydrogen-bond donors (Lipinski definition) is 1. The number of carbonyl (C=O) groups excluding carboxylic acids is 1. The van der Waals surface area contributed by atoms with Crippen molar-refractivity contribution in [2.45, 2.75) is 32.6 Å². The molecule has 0 aliphatic heterocycles. The van der Waals surface area contributed by atoms with Crippen molar-refractivity contribution >= 4 is 11.4 Å². The molecule has 0 unspecified atom stereocenters. The maximum atomic E-state index is 12.8. The number of aliphatic hydroxyl groups is 1. The van der Waals surface area contributed by atoms with Crippen molar-refractivity contribution in [1.29, 1.82) is 0 Å². The molecule has 3 nitrogen and oxygen atoms in total. The highest BCUT2D eigenvalue weighted by molar-refractivity contribution is 6.03. The Labute approximate surface area is 136 Å². The van der Waals surface area contributed by atoms with Gasteiger partial charge in [-0.2, -0.15) is 0 Å². The zero-order valence-electron chi connectivity index (χ0n) is 13.6. The second-order valence-corrected chi connectivity index (χ2v) is 6.89. The van der Waals surface area contributed by atoms with E-state index in [2.05, 4.69) is 25.1 Å². The fraction of sp³-hybridized carbons (Fsp3) is 0.450. The lowest BCUT2D eigenvalue weighted by Gasteiger charge is -2.46. The van der Waals surface area contributed by atoms with Crippen LogP contribution >= 0.6 is 0 Å². The van der Waals surface area contributed by atoms with Crippen LogP contribution in [0.1, 0.15) is 37.3 Å². The van der Waals surface area contributed by atoms with Crippen molar-refractivity contribution in [2.24, 2.45) is 17.3 Å². The fourth-order valence-corrected chi connectivity index (χ4v) is 5.06. The molecule has 3 aliphatic carbocycles. The van der Waals surface area contributed by atoms with Gasteiger partial charge in [0.1, 0.15) is 5.75 Å². The van der Waals surface area contributed by atoms with Crippen molar-refractivity contribution < 1.29 is 14.6 Å². The summed E-state index contributed by atoms with van der Waals surface area (Å²) in [5, 5.41) is 10.1. The minimum atomic E-state index is -0.439. The number of Topliss-reactive ketones (excluding diaryl/α,β-unsaturated/α-hetero) is 1. The molecule has 0 aromatic heterocycles. The molecule has 3 atom stereocenters. The van der Waals surface area contributed by atoms with Crippen molar-refractivity contribution in [2.75, 3.05) is 7.11 Å². The van der Waals surface area contributed by atoms with Crippen LogP contribution in [0.15, 0.2) is 36.1 Å². The number of benzene rings is 1. The lowest BCUT2D eigenvalue weighted by Crippen LogP contribution is -2.44. The summed E-state index contributed by atoms with van der Waals surface area (Å²) in [5.74, 6) is 1.18. The third-order valence-corrected chi connectivity index (χ3v) is 6.18. The van der Waals surface area contributed by atoms with Gasteiger partial charge in [-0.25, -0.2) is 0 Å². The summed E-state index contributed by atoms with van der Waals surface area (Å²) in [6, 6.07) is 6.24. The van der Waals surface area contributed by atoms with Gasteiger partial charge in [0.2, 0.25) is 5.78 Å². The van der Waals surface area contributed by atoms with E-state index in [1.54, 1.807) is 13.2 Å². The average Bonchev–Trinajstić information content (AvgIpc) is 2.85. The smallest absolute Gasteiger partial charge is 0.204 e. The molecule has 0 amide bonds. The van der Waals surface area contributed by atoms with E-state index in [-0.39, 0.29) is 23.4 Å². The first-order valence-corrected chi connectivity index (χ1v) is 8.44. The predicted molar refractivity (Wildman–Crippen MR) is 89.3 cm³/mol. The molecule has 0 spiro atoms. The van der Waals surface area contributed by atoms with Crippen LogP contribution in [0.25, 0.3) is 5.57 Å². The van der Waals surface area contributed by atoms with E-state index < -0.39 is 5.41 Å². The van der Waals surface area contributed by atoms with E-state index >= 15 is 0 Å². The largest absolute Gasteiger partial charge is 0.505 e. The summed E-state index contributed by atoms with van der Waals surface area (Å²) >= 11 is 0. The van der Waals surface area contributed by atoms with Crippen LogP contribution in [0.4, 0.5) is 0 Å². The zero-order valence-corrected chi connectivity index (χ0v) is 13.6. The first kappa shape index (κ1) is 14.6. The van der Waals surface area contributed by atoms with Crippen molar-refractivity contribution in [3.63, 3.8) is 0 Å². The summed E-state index contributed by atoms with van der Waals surface area (Å²) in [5.41, 5.74) is 3.42. The number of ketones is 1. The molecule has 3 heteroatoms. The maximum Gasteiger partial charge on any atom is 0.204 e. The average molecular weight is 310 g/mol. The summed E-state index contributed by atoms with van der Waals surface area (Å²) in [4.78, 5) is 12.8. The molecular weight excluding hydrogens is 288 g/mol. The van der Waals surface area contributed by atoms with Gasteiger partial charge >= 0.3 is 0 Å². The molecule has 0 saturated carbocycles. The van der Waals surface area contributed by atoms with Crippen LogP contribution in [0.5, 0.6) is 5.75 Å². The molecule has 1 aromatic rings. The van der Waals surface area contributed by atoms with Gasteiger partial charge < -0.3 is 9.84 Å². The summed E-state index contributed by atoms with van der Waals surface area (Å²) in [6.45, 7) is 2.09. The Morgan fingerprint density at radius 1 is 1.39 bits per heavy atom. The molecule has 3 aliphatic rings. The van der Waals surface area contributed by atoms with E-state index in [1.165, 1.54) is 16.7 Å². The number of rotatable bonds is 2. The Hall–Kier alpha value is -2.03. The Bertz CT molecular complexity index is 743. The topological polar surface area (TPSA) is 46.5 Å². The number of methoxy groups -OCH3 is 1. The highest BCUT2D eigenvalue weighted by Gasteiger charge is 2.57. The number of aliphatic hydroxyl groups excluding tert-OH is 1. The SMILES string of the molecule is CC[C@]12C(=O)C(O)=C[C@H]1CC=C1c3ccc(OC)cc3CC[C@H]12. The zero-order chi connectivity index (χ0) is 16.2. The summed E-state index contributed by atoms with van der Waals surface area (Å²) in [7, 11) is 1.69. The molecule has 0 heterocycles. The van der Waals surface area contributed by atoms with Crippen LogP contribution in [0.2, 0.25) is 0 Å². The molecule has 1 aromatic carbocycles. The highest BCUT2D eigenvalue weighted by Crippen LogP contribution is 2.59. The summed E-state index contributed by atoms with van der Waals surface area (Å²) < 4.78 is 5.34. The predicted octanol–water partition coefficient (Wildman–Crippen LogP) is 4.08. The third-order valence-electron chi connectivity index (χ3n) is 6.18. The van der Waals surface area contributed by atoms with Crippen molar-refractivity contribution in [1.82, 2.24) is 0 Å². The minimum absolute atomic E-state index is 0.0213. The highest BCUT2D eigenvalue weighted by atomic mass is 16.5. The fourth-order valence-electron chi connectivity index (χ4n) is 5.06. The number of carbonyl (C=O) groups is 1. The molecular formula is C20H22O3. The van der Waals surface area contributed by atoms with Crippen LogP contribution in [-0.4, -0.2) is 18.0 Å². The van der Waals surface area contributed by atoms with Gasteiger partial charge in [0.15, 0.2) is 5.76 Å². The Morgan fingerprint density at radius 2 is 2.22 bits per heavy atom. The first-order chi connectivity index (χ1) is 11.1. The van der Waals surface area contributed by atoms with E-state index in [4.69, 9.17) is 4.74 Å². The third kappa shape index (κ3) is 1.79. The normalized spacial score (nSPS) is 31.7. The molecule has 0 saturated heterocycles. The molecule has 1 N–H and O–H groups in total. The van der Waals surface area contributed by atoms with Gasteiger partial charge in [-0.05, 0) is 72.4 Å². The molecule has 4 rings (SSSR count). The minimum Gasteiger partial charge on any atom is -0.505 e. The Balaban J connectivity index is 1.82. The standard InChI is InChI=1S/C20H22O3/c1-3-20-13(11-18(21)19(20)22)5-7-16-15-8-6-14(23-2)10-12(15)4-9-17(16)20/h6-8,10-11,13,17,21H,3-5,9H2,1-2H3/t13-,17-,20+/m1/s1. The molecule has 0 radical (unpaired) electrons. The second-order valence-electron chi connectivity index (χ2n) is 6.89. The van der Waals surface area contributed by atoms with Gasteiger partial charge in [-0.1, -0.05) is 19.1 Å².